The first-order valence-electron chi connectivity index (χ1n) is 9.05. The zero-order valence-corrected chi connectivity index (χ0v) is 16.8. The van der Waals surface area contributed by atoms with Crippen LogP contribution >= 0.6 is 11.6 Å². The first-order valence-corrected chi connectivity index (χ1v) is 9.59. The number of hydrogen-bond acceptors (Lipinski definition) is 5. The third kappa shape index (κ3) is 6.29. The Labute approximate surface area is 165 Å². The van der Waals surface area contributed by atoms with Crippen LogP contribution in [0, 0.1) is 0 Å². The van der Waals surface area contributed by atoms with Gasteiger partial charge in [-0.2, -0.15) is 0 Å². The number of hydrogen-bond donors (Lipinski definition) is 2. The van der Waals surface area contributed by atoms with Crippen molar-refractivity contribution >= 4 is 29.3 Å². The van der Waals surface area contributed by atoms with Crippen molar-refractivity contribution in [3.05, 3.63) is 29.8 Å². The quantitative estimate of drug-likeness (QED) is 0.745. The van der Waals surface area contributed by atoms with E-state index in [1.807, 2.05) is 26.8 Å². The summed E-state index contributed by atoms with van der Waals surface area (Å²) in [5, 5.41) is 12.7. The summed E-state index contributed by atoms with van der Waals surface area (Å²) >= 11 is 5.61. The maximum atomic E-state index is 12.9. The number of carbonyl (C=O) groups excluding carboxylic acids is 2. The number of para-hydroxylation sites is 1. The third-order valence-corrected chi connectivity index (χ3v) is 4.44. The standard InChI is InChI=1S/C19H28ClN3O4/c1-19(2,3)27-18(26)23-10-8-22(9-11-23)17(25)15-6-4-5-7-16(15)21-13-14(24)12-20/h4-7,14,21,24H,8-13H2,1-3H3. The van der Waals surface area contributed by atoms with Gasteiger partial charge in [0.25, 0.3) is 5.91 Å². The highest BCUT2D eigenvalue weighted by Gasteiger charge is 2.28. The highest BCUT2D eigenvalue weighted by atomic mass is 35.5. The molecule has 0 spiro atoms. The highest BCUT2D eigenvalue weighted by molar-refractivity contribution is 6.18. The Kier molecular flexibility index (Phi) is 7.33. The molecular formula is C19H28ClN3O4. The number of anilines is 1. The lowest BCUT2D eigenvalue weighted by Gasteiger charge is -2.35. The third-order valence-electron chi connectivity index (χ3n) is 4.08. The van der Waals surface area contributed by atoms with Crippen LogP contribution < -0.4 is 5.32 Å². The van der Waals surface area contributed by atoms with E-state index in [2.05, 4.69) is 5.32 Å². The molecule has 1 heterocycles. The monoisotopic (exact) mass is 397 g/mol. The molecule has 7 nitrogen and oxygen atoms in total. The average molecular weight is 398 g/mol. The number of benzene rings is 1. The molecule has 0 saturated carbocycles. The van der Waals surface area contributed by atoms with Crippen LogP contribution in [0.5, 0.6) is 0 Å². The van der Waals surface area contributed by atoms with Gasteiger partial charge in [0.05, 0.1) is 17.5 Å². The van der Waals surface area contributed by atoms with E-state index < -0.39 is 11.7 Å². The zero-order chi connectivity index (χ0) is 20.0. The minimum Gasteiger partial charge on any atom is -0.444 e. The van der Waals surface area contributed by atoms with Crippen molar-refractivity contribution in [3.63, 3.8) is 0 Å². The van der Waals surface area contributed by atoms with Crippen LogP contribution in [0.2, 0.25) is 0 Å². The molecule has 150 valence electrons. The second-order valence-corrected chi connectivity index (χ2v) is 7.80. The zero-order valence-electron chi connectivity index (χ0n) is 16.1. The molecule has 1 atom stereocenters. The summed E-state index contributed by atoms with van der Waals surface area (Å²) < 4.78 is 5.38. The SMILES string of the molecule is CC(C)(C)OC(=O)N1CCN(C(=O)c2ccccc2NCC(O)CCl)CC1. The lowest BCUT2D eigenvalue weighted by atomic mass is 10.1. The summed E-state index contributed by atoms with van der Waals surface area (Å²) in [4.78, 5) is 28.4. The molecule has 0 bridgehead atoms. The molecule has 1 aliphatic rings. The van der Waals surface area contributed by atoms with Crippen molar-refractivity contribution in [2.75, 3.05) is 43.9 Å². The van der Waals surface area contributed by atoms with E-state index in [1.165, 1.54) is 0 Å². The highest BCUT2D eigenvalue weighted by Crippen LogP contribution is 2.19. The van der Waals surface area contributed by atoms with Gasteiger partial charge >= 0.3 is 6.09 Å². The second kappa shape index (κ2) is 9.28. The molecule has 2 N–H and O–H groups in total. The molecule has 2 amide bonds. The van der Waals surface area contributed by atoms with E-state index in [4.69, 9.17) is 16.3 Å². The topological polar surface area (TPSA) is 82.1 Å². The number of amides is 2. The Morgan fingerprint density at radius 2 is 1.78 bits per heavy atom. The Morgan fingerprint density at radius 1 is 1.19 bits per heavy atom. The molecule has 1 saturated heterocycles. The number of aliphatic hydroxyl groups is 1. The number of rotatable bonds is 5. The summed E-state index contributed by atoms with van der Waals surface area (Å²) in [6, 6.07) is 7.17. The molecule has 0 radical (unpaired) electrons. The van der Waals surface area contributed by atoms with Gasteiger partial charge in [0, 0.05) is 38.4 Å². The lowest BCUT2D eigenvalue weighted by molar-refractivity contribution is 0.0141. The smallest absolute Gasteiger partial charge is 0.410 e. The second-order valence-electron chi connectivity index (χ2n) is 7.49. The van der Waals surface area contributed by atoms with E-state index in [0.717, 1.165) is 0 Å². The number of piperazine rings is 1. The lowest BCUT2D eigenvalue weighted by Crippen LogP contribution is -2.51. The van der Waals surface area contributed by atoms with Crippen LogP contribution in [0.3, 0.4) is 0 Å². The number of alkyl halides is 1. The predicted molar refractivity (Wildman–Crippen MR) is 105 cm³/mol. The Morgan fingerprint density at radius 3 is 2.37 bits per heavy atom. The number of carbonyl (C=O) groups is 2. The van der Waals surface area contributed by atoms with Gasteiger partial charge in [0.1, 0.15) is 5.60 Å². The largest absolute Gasteiger partial charge is 0.444 e. The van der Waals surface area contributed by atoms with Gasteiger partial charge in [-0.3, -0.25) is 4.79 Å². The van der Waals surface area contributed by atoms with E-state index in [9.17, 15) is 14.7 Å². The summed E-state index contributed by atoms with van der Waals surface area (Å²) in [6.07, 6.45) is -1.04. The number of ether oxygens (including phenoxy) is 1. The molecule has 1 aromatic carbocycles. The maximum absolute atomic E-state index is 12.9. The van der Waals surface area contributed by atoms with Gasteiger partial charge in [0.15, 0.2) is 0 Å². The van der Waals surface area contributed by atoms with Crippen LogP contribution in [-0.2, 0) is 4.74 Å². The van der Waals surface area contributed by atoms with Crippen LogP contribution in [-0.4, -0.2) is 77.2 Å². The number of aliphatic hydroxyl groups excluding tert-OH is 1. The summed E-state index contributed by atoms with van der Waals surface area (Å²) in [5.41, 5.74) is 0.647. The summed E-state index contributed by atoms with van der Waals surface area (Å²) in [5.74, 6) is 0.0118. The van der Waals surface area contributed by atoms with Crippen molar-refractivity contribution in [2.24, 2.45) is 0 Å². The van der Waals surface area contributed by atoms with Crippen molar-refractivity contribution in [2.45, 2.75) is 32.5 Å². The summed E-state index contributed by atoms with van der Waals surface area (Å²) in [6.45, 7) is 7.50. The predicted octanol–water partition coefficient (Wildman–Crippen LogP) is 2.39. The molecule has 8 heteroatoms. The normalized spacial score (nSPS) is 16.0. The van der Waals surface area contributed by atoms with Crippen LogP contribution in [0.4, 0.5) is 10.5 Å². The van der Waals surface area contributed by atoms with Crippen LogP contribution in [0.1, 0.15) is 31.1 Å². The van der Waals surface area contributed by atoms with Gasteiger partial charge < -0.3 is 25.0 Å². The number of halogens is 1. The minimum absolute atomic E-state index is 0.109. The molecule has 1 fully saturated rings. The number of nitrogens with one attached hydrogen (secondary N) is 1. The molecule has 1 aromatic rings. The van der Waals surface area contributed by atoms with Crippen molar-refractivity contribution < 1.29 is 19.4 Å². The Bertz CT molecular complexity index is 655. The van der Waals surface area contributed by atoms with Gasteiger partial charge in [-0.25, -0.2) is 4.79 Å². The minimum atomic E-state index is -0.688. The molecule has 2 rings (SSSR count). The first-order chi connectivity index (χ1) is 12.7. The van der Waals surface area contributed by atoms with Crippen LogP contribution in [0.15, 0.2) is 24.3 Å². The van der Waals surface area contributed by atoms with E-state index in [1.54, 1.807) is 28.0 Å². The van der Waals surface area contributed by atoms with E-state index >= 15 is 0 Å². The maximum Gasteiger partial charge on any atom is 0.410 e. The van der Waals surface area contributed by atoms with Gasteiger partial charge in [-0.1, -0.05) is 12.1 Å². The Hall–Kier alpha value is -1.99. The van der Waals surface area contributed by atoms with Crippen molar-refractivity contribution in [3.8, 4) is 0 Å². The van der Waals surface area contributed by atoms with Gasteiger partial charge in [-0.15, -0.1) is 11.6 Å². The summed E-state index contributed by atoms with van der Waals surface area (Å²) in [7, 11) is 0. The molecular weight excluding hydrogens is 370 g/mol. The fourth-order valence-corrected chi connectivity index (χ4v) is 2.80. The van der Waals surface area contributed by atoms with Crippen molar-refractivity contribution in [1.29, 1.82) is 0 Å². The van der Waals surface area contributed by atoms with Crippen molar-refractivity contribution in [1.82, 2.24) is 9.80 Å². The van der Waals surface area contributed by atoms with Gasteiger partial charge in [-0.05, 0) is 32.9 Å². The molecule has 0 aromatic heterocycles. The Balaban J connectivity index is 1.97. The van der Waals surface area contributed by atoms with E-state index in [0.29, 0.717) is 37.4 Å². The fourth-order valence-electron chi connectivity index (χ4n) is 2.70. The van der Waals surface area contributed by atoms with Crippen LogP contribution in [0.25, 0.3) is 0 Å². The molecule has 0 aliphatic carbocycles. The first kappa shape index (κ1) is 21.3. The molecule has 1 unspecified atom stereocenters. The van der Waals surface area contributed by atoms with Gasteiger partial charge in [0.2, 0.25) is 0 Å². The van der Waals surface area contributed by atoms with E-state index in [-0.39, 0.29) is 24.4 Å². The fraction of sp³-hybridized carbons (Fsp3) is 0.579. The number of nitrogens with zero attached hydrogens (tertiary/aromatic N) is 2. The molecule has 1 aliphatic heterocycles. The average Bonchev–Trinajstić information content (AvgIpc) is 2.64. The molecule has 27 heavy (non-hydrogen) atoms.